The highest BCUT2D eigenvalue weighted by Crippen LogP contribution is 2.03. The first kappa shape index (κ1) is 12.3. The normalized spacial score (nSPS) is 13.2. The molecule has 0 aromatic carbocycles. The van der Waals surface area contributed by atoms with E-state index in [2.05, 4.69) is 0 Å². The lowest BCUT2D eigenvalue weighted by Crippen LogP contribution is -2.43. The standard InChI is InChI=1S/C8H17NO4/c1-2-7(8(12)13)9(3-5-10)4-6-11/h7,10-11H,2-6H2,1H3,(H,12,13). The molecule has 0 spiro atoms. The van der Waals surface area contributed by atoms with E-state index in [1.165, 1.54) is 0 Å². The molecule has 0 radical (unpaired) electrons. The highest BCUT2D eigenvalue weighted by atomic mass is 16.4. The molecule has 13 heavy (non-hydrogen) atoms. The second-order valence-corrected chi connectivity index (χ2v) is 2.75. The Morgan fingerprint density at radius 2 is 1.77 bits per heavy atom. The third-order valence-electron chi connectivity index (χ3n) is 1.89. The quantitative estimate of drug-likeness (QED) is 0.487. The molecule has 0 aliphatic carbocycles. The van der Waals surface area contributed by atoms with E-state index in [-0.39, 0.29) is 26.3 Å². The molecular weight excluding hydrogens is 174 g/mol. The zero-order valence-corrected chi connectivity index (χ0v) is 7.81. The maximum atomic E-state index is 10.7. The van der Waals surface area contributed by atoms with Crippen LogP contribution >= 0.6 is 0 Å². The van der Waals surface area contributed by atoms with E-state index in [9.17, 15) is 4.79 Å². The lowest BCUT2D eigenvalue weighted by molar-refractivity contribution is -0.143. The summed E-state index contributed by atoms with van der Waals surface area (Å²) in [6.07, 6.45) is 0.468. The van der Waals surface area contributed by atoms with Crippen molar-refractivity contribution in [3.8, 4) is 0 Å². The molecule has 1 atom stereocenters. The average Bonchev–Trinajstić information content (AvgIpc) is 2.05. The van der Waals surface area contributed by atoms with E-state index >= 15 is 0 Å². The predicted octanol–water partition coefficient (Wildman–Crippen LogP) is -0.864. The van der Waals surface area contributed by atoms with Gasteiger partial charge in [0.1, 0.15) is 6.04 Å². The van der Waals surface area contributed by atoms with E-state index in [4.69, 9.17) is 15.3 Å². The molecule has 0 aliphatic heterocycles. The van der Waals surface area contributed by atoms with Crippen molar-refractivity contribution in [1.29, 1.82) is 0 Å². The van der Waals surface area contributed by atoms with Crippen LogP contribution in [-0.2, 0) is 4.79 Å². The van der Waals surface area contributed by atoms with Crippen LogP contribution in [0.3, 0.4) is 0 Å². The zero-order valence-electron chi connectivity index (χ0n) is 7.81. The van der Waals surface area contributed by atoms with Crippen molar-refractivity contribution in [2.75, 3.05) is 26.3 Å². The Bertz CT molecular complexity index is 145. The van der Waals surface area contributed by atoms with Crippen molar-refractivity contribution in [1.82, 2.24) is 4.90 Å². The van der Waals surface area contributed by atoms with Crippen LogP contribution in [0, 0.1) is 0 Å². The summed E-state index contributed by atoms with van der Waals surface area (Å²) >= 11 is 0. The number of nitrogens with zero attached hydrogens (tertiary/aromatic N) is 1. The summed E-state index contributed by atoms with van der Waals surface area (Å²) in [7, 11) is 0. The van der Waals surface area contributed by atoms with Crippen molar-refractivity contribution in [3.05, 3.63) is 0 Å². The van der Waals surface area contributed by atoms with Gasteiger partial charge in [-0.3, -0.25) is 9.69 Å². The minimum atomic E-state index is -0.913. The number of hydrogen-bond acceptors (Lipinski definition) is 4. The van der Waals surface area contributed by atoms with E-state index < -0.39 is 12.0 Å². The summed E-state index contributed by atoms with van der Waals surface area (Å²) in [5.41, 5.74) is 0. The number of aliphatic hydroxyl groups excluding tert-OH is 2. The molecular formula is C8H17NO4. The van der Waals surface area contributed by atoms with E-state index in [0.29, 0.717) is 6.42 Å². The Labute approximate surface area is 77.6 Å². The van der Waals surface area contributed by atoms with Crippen LogP contribution < -0.4 is 0 Å². The molecule has 78 valence electrons. The minimum absolute atomic E-state index is 0.0935. The van der Waals surface area contributed by atoms with Gasteiger partial charge in [0, 0.05) is 13.1 Å². The average molecular weight is 191 g/mol. The smallest absolute Gasteiger partial charge is 0.320 e. The second-order valence-electron chi connectivity index (χ2n) is 2.75. The van der Waals surface area contributed by atoms with Crippen molar-refractivity contribution >= 4 is 5.97 Å². The Morgan fingerprint density at radius 1 is 1.31 bits per heavy atom. The van der Waals surface area contributed by atoms with Gasteiger partial charge >= 0.3 is 5.97 Å². The molecule has 0 bridgehead atoms. The largest absolute Gasteiger partial charge is 0.480 e. The van der Waals surface area contributed by atoms with Crippen LogP contribution in [0.4, 0.5) is 0 Å². The lowest BCUT2D eigenvalue weighted by Gasteiger charge is -2.26. The third kappa shape index (κ3) is 4.21. The molecule has 0 saturated carbocycles. The molecule has 0 rings (SSSR count). The summed E-state index contributed by atoms with van der Waals surface area (Å²) in [6.45, 7) is 2.14. The zero-order chi connectivity index (χ0) is 10.3. The molecule has 0 amide bonds. The van der Waals surface area contributed by atoms with Gasteiger partial charge in [-0.15, -0.1) is 0 Å². The summed E-state index contributed by atoms with van der Waals surface area (Å²) < 4.78 is 0. The molecule has 0 aliphatic rings. The van der Waals surface area contributed by atoms with Gasteiger partial charge in [0.05, 0.1) is 13.2 Å². The van der Waals surface area contributed by atoms with Crippen LogP contribution in [0.5, 0.6) is 0 Å². The molecule has 5 nitrogen and oxygen atoms in total. The first-order valence-corrected chi connectivity index (χ1v) is 4.35. The molecule has 0 aromatic rings. The van der Waals surface area contributed by atoms with Crippen molar-refractivity contribution in [2.45, 2.75) is 19.4 Å². The van der Waals surface area contributed by atoms with Crippen LogP contribution in [-0.4, -0.2) is 58.5 Å². The Kier molecular flexibility index (Phi) is 6.48. The topological polar surface area (TPSA) is 81.0 Å². The first-order valence-electron chi connectivity index (χ1n) is 4.35. The summed E-state index contributed by atoms with van der Waals surface area (Å²) in [5.74, 6) is -0.913. The molecule has 1 unspecified atom stereocenters. The number of hydrogen-bond donors (Lipinski definition) is 3. The van der Waals surface area contributed by atoms with E-state index in [0.717, 1.165) is 0 Å². The maximum absolute atomic E-state index is 10.7. The number of carboxylic acid groups (broad SMARTS) is 1. The molecule has 0 heterocycles. The molecule has 0 saturated heterocycles. The fourth-order valence-electron chi connectivity index (χ4n) is 1.27. The summed E-state index contributed by atoms with van der Waals surface area (Å²) in [5, 5.41) is 26.1. The number of aliphatic carboxylic acids is 1. The monoisotopic (exact) mass is 191 g/mol. The highest BCUT2D eigenvalue weighted by molar-refractivity contribution is 5.73. The second kappa shape index (κ2) is 6.82. The van der Waals surface area contributed by atoms with Crippen molar-refractivity contribution in [3.63, 3.8) is 0 Å². The molecule has 0 aromatic heterocycles. The Morgan fingerprint density at radius 3 is 2.00 bits per heavy atom. The summed E-state index contributed by atoms with van der Waals surface area (Å²) in [6, 6.07) is -0.612. The predicted molar refractivity (Wildman–Crippen MR) is 47.5 cm³/mol. The van der Waals surface area contributed by atoms with Crippen LogP contribution in [0.15, 0.2) is 0 Å². The van der Waals surface area contributed by atoms with Gasteiger partial charge in [-0.25, -0.2) is 0 Å². The fourth-order valence-corrected chi connectivity index (χ4v) is 1.27. The SMILES string of the molecule is CCC(C(=O)O)N(CCO)CCO. The summed E-state index contributed by atoms with van der Waals surface area (Å²) in [4.78, 5) is 12.3. The lowest BCUT2D eigenvalue weighted by atomic mass is 10.2. The number of carbonyl (C=O) groups is 1. The van der Waals surface area contributed by atoms with Crippen LogP contribution in [0.2, 0.25) is 0 Å². The van der Waals surface area contributed by atoms with Gasteiger partial charge < -0.3 is 15.3 Å². The van der Waals surface area contributed by atoms with E-state index in [1.807, 2.05) is 0 Å². The van der Waals surface area contributed by atoms with Gasteiger partial charge in [0.2, 0.25) is 0 Å². The fraction of sp³-hybridized carbons (Fsp3) is 0.875. The van der Waals surface area contributed by atoms with Gasteiger partial charge in [0.25, 0.3) is 0 Å². The number of carboxylic acids is 1. The molecule has 5 heteroatoms. The van der Waals surface area contributed by atoms with Crippen molar-refractivity contribution < 1.29 is 20.1 Å². The van der Waals surface area contributed by atoms with Gasteiger partial charge in [0.15, 0.2) is 0 Å². The van der Waals surface area contributed by atoms with E-state index in [1.54, 1.807) is 11.8 Å². The number of rotatable bonds is 7. The minimum Gasteiger partial charge on any atom is -0.480 e. The first-order chi connectivity index (χ1) is 6.17. The van der Waals surface area contributed by atoms with Gasteiger partial charge in [-0.2, -0.15) is 0 Å². The maximum Gasteiger partial charge on any atom is 0.320 e. The van der Waals surface area contributed by atoms with Crippen LogP contribution in [0.25, 0.3) is 0 Å². The van der Waals surface area contributed by atoms with Gasteiger partial charge in [-0.05, 0) is 6.42 Å². The molecule has 0 fully saturated rings. The highest BCUT2D eigenvalue weighted by Gasteiger charge is 2.22. The number of aliphatic hydroxyl groups is 2. The van der Waals surface area contributed by atoms with Crippen LogP contribution in [0.1, 0.15) is 13.3 Å². The molecule has 3 N–H and O–H groups in total. The Hall–Kier alpha value is -0.650. The third-order valence-corrected chi connectivity index (χ3v) is 1.89. The van der Waals surface area contributed by atoms with Crippen molar-refractivity contribution in [2.24, 2.45) is 0 Å². The van der Waals surface area contributed by atoms with Gasteiger partial charge in [-0.1, -0.05) is 6.92 Å². The Balaban J connectivity index is 4.20.